The summed E-state index contributed by atoms with van der Waals surface area (Å²) in [6.45, 7) is 1.19. The van der Waals surface area contributed by atoms with E-state index in [4.69, 9.17) is 17.3 Å². The van der Waals surface area contributed by atoms with Crippen LogP contribution in [0, 0.1) is 6.92 Å². The number of carbonyl (C=O) groups is 2. The molecule has 1 N–H and O–H groups in total. The predicted octanol–water partition coefficient (Wildman–Crippen LogP) is 0.307. The van der Waals surface area contributed by atoms with E-state index in [1.54, 1.807) is 6.08 Å². The van der Waals surface area contributed by atoms with Crippen LogP contribution in [0.15, 0.2) is 29.2 Å². The SMILES string of the molecule is Cc1cccc(/C=C2\SC(=S)N([C@H](CO)C(=O)[O-])C2=O)c1. The monoisotopic (exact) mass is 322 g/mol. The van der Waals surface area contributed by atoms with Gasteiger partial charge in [0.05, 0.1) is 17.5 Å². The molecular weight excluding hydrogens is 310 g/mol. The highest BCUT2D eigenvalue weighted by molar-refractivity contribution is 8.26. The van der Waals surface area contributed by atoms with Gasteiger partial charge in [0.25, 0.3) is 5.91 Å². The number of rotatable bonds is 4. The van der Waals surface area contributed by atoms with E-state index in [2.05, 4.69) is 0 Å². The maximum absolute atomic E-state index is 12.3. The van der Waals surface area contributed by atoms with Crippen LogP contribution in [0.4, 0.5) is 0 Å². The second-order valence-electron chi connectivity index (χ2n) is 4.48. The molecule has 1 aromatic rings. The molecule has 1 aliphatic rings. The van der Waals surface area contributed by atoms with E-state index in [0.717, 1.165) is 27.8 Å². The molecule has 1 saturated heterocycles. The number of amides is 1. The minimum Gasteiger partial charge on any atom is -0.548 e. The molecule has 0 spiro atoms. The molecule has 0 aromatic heterocycles. The van der Waals surface area contributed by atoms with Gasteiger partial charge in [-0.25, -0.2) is 0 Å². The molecule has 1 amide bonds. The largest absolute Gasteiger partial charge is 0.548 e. The van der Waals surface area contributed by atoms with E-state index >= 15 is 0 Å². The Balaban J connectivity index is 2.31. The maximum atomic E-state index is 12.3. The van der Waals surface area contributed by atoms with Gasteiger partial charge in [-0.3, -0.25) is 9.69 Å². The topological polar surface area (TPSA) is 80.7 Å². The minimum absolute atomic E-state index is 0.0992. The molecule has 0 bridgehead atoms. The van der Waals surface area contributed by atoms with Crippen molar-refractivity contribution in [2.45, 2.75) is 13.0 Å². The highest BCUT2D eigenvalue weighted by atomic mass is 32.2. The fraction of sp³-hybridized carbons (Fsp3) is 0.214. The number of carboxylic acids is 1. The van der Waals surface area contributed by atoms with E-state index in [1.807, 2.05) is 31.2 Å². The average molecular weight is 322 g/mol. The number of carboxylic acid groups (broad SMARTS) is 1. The Morgan fingerprint density at radius 1 is 1.57 bits per heavy atom. The third kappa shape index (κ3) is 3.31. The van der Waals surface area contributed by atoms with Crippen molar-refractivity contribution in [2.24, 2.45) is 0 Å². The Bertz CT molecular complexity index is 642. The lowest BCUT2D eigenvalue weighted by atomic mass is 10.1. The van der Waals surface area contributed by atoms with Gasteiger partial charge in [0, 0.05) is 0 Å². The third-order valence-electron chi connectivity index (χ3n) is 2.92. The van der Waals surface area contributed by atoms with Crippen molar-refractivity contribution in [3.63, 3.8) is 0 Å². The van der Waals surface area contributed by atoms with Crippen LogP contribution in [-0.4, -0.2) is 38.9 Å². The lowest BCUT2D eigenvalue weighted by Gasteiger charge is -2.25. The Morgan fingerprint density at radius 3 is 2.86 bits per heavy atom. The number of aliphatic hydroxyl groups is 1. The fourth-order valence-corrected chi connectivity index (χ4v) is 3.28. The van der Waals surface area contributed by atoms with Crippen molar-refractivity contribution in [1.29, 1.82) is 0 Å². The summed E-state index contributed by atoms with van der Waals surface area (Å²) in [4.78, 5) is 24.4. The average Bonchev–Trinajstić information content (AvgIpc) is 2.67. The number of aliphatic hydroxyl groups excluding tert-OH is 1. The molecule has 1 aliphatic heterocycles. The van der Waals surface area contributed by atoms with Crippen molar-refractivity contribution < 1.29 is 19.8 Å². The molecular formula is C14H12NO4S2-. The molecule has 7 heteroatoms. The lowest BCUT2D eigenvalue weighted by molar-refractivity contribution is -0.311. The van der Waals surface area contributed by atoms with Crippen LogP contribution in [0.2, 0.25) is 0 Å². The zero-order valence-electron chi connectivity index (χ0n) is 11.1. The number of hydrogen-bond donors (Lipinski definition) is 1. The highest BCUT2D eigenvalue weighted by Gasteiger charge is 2.37. The molecule has 1 aromatic carbocycles. The molecule has 21 heavy (non-hydrogen) atoms. The Hall–Kier alpha value is -1.70. The van der Waals surface area contributed by atoms with E-state index in [-0.39, 0.29) is 4.32 Å². The zero-order chi connectivity index (χ0) is 15.6. The summed E-state index contributed by atoms with van der Waals surface area (Å²) in [5.41, 5.74) is 1.87. The molecule has 5 nitrogen and oxygen atoms in total. The van der Waals surface area contributed by atoms with Gasteiger partial charge in [-0.2, -0.15) is 0 Å². The normalized spacial score (nSPS) is 18.4. The van der Waals surface area contributed by atoms with Crippen LogP contribution in [-0.2, 0) is 9.59 Å². The molecule has 0 aliphatic carbocycles. The maximum Gasteiger partial charge on any atom is 0.266 e. The van der Waals surface area contributed by atoms with Gasteiger partial charge in [-0.15, -0.1) is 0 Å². The molecule has 0 saturated carbocycles. The van der Waals surface area contributed by atoms with Crippen LogP contribution in [0.5, 0.6) is 0 Å². The van der Waals surface area contributed by atoms with Crippen molar-refractivity contribution in [1.82, 2.24) is 4.90 Å². The summed E-state index contributed by atoms with van der Waals surface area (Å²) < 4.78 is 0.0992. The van der Waals surface area contributed by atoms with Gasteiger partial charge in [-0.1, -0.05) is 53.8 Å². The van der Waals surface area contributed by atoms with Gasteiger partial charge >= 0.3 is 0 Å². The Morgan fingerprint density at radius 2 is 2.29 bits per heavy atom. The van der Waals surface area contributed by atoms with Gasteiger partial charge in [0.2, 0.25) is 0 Å². The minimum atomic E-state index is -1.54. The van der Waals surface area contributed by atoms with Crippen molar-refractivity contribution >= 4 is 46.3 Å². The van der Waals surface area contributed by atoms with E-state index in [1.165, 1.54) is 0 Å². The summed E-state index contributed by atoms with van der Waals surface area (Å²) in [5, 5.41) is 20.1. The third-order valence-corrected chi connectivity index (χ3v) is 4.25. The van der Waals surface area contributed by atoms with Crippen LogP contribution in [0.3, 0.4) is 0 Å². The second kappa shape index (κ2) is 6.38. The number of nitrogens with zero attached hydrogens (tertiary/aromatic N) is 1. The van der Waals surface area contributed by atoms with Crippen molar-refractivity contribution in [2.75, 3.05) is 6.61 Å². The lowest BCUT2D eigenvalue weighted by Crippen LogP contribution is -2.51. The number of aryl methyl sites for hydroxylation is 1. The van der Waals surface area contributed by atoms with Crippen LogP contribution in [0.25, 0.3) is 6.08 Å². The molecule has 1 fully saturated rings. The smallest absolute Gasteiger partial charge is 0.266 e. The van der Waals surface area contributed by atoms with Crippen LogP contribution < -0.4 is 5.11 Å². The zero-order valence-corrected chi connectivity index (χ0v) is 12.7. The first-order valence-corrected chi connectivity index (χ1v) is 7.32. The van der Waals surface area contributed by atoms with Crippen molar-refractivity contribution in [3.8, 4) is 0 Å². The van der Waals surface area contributed by atoms with E-state index in [0.29, 0.717) is 4.91 Å². The molecule has 2 rings (SSSR count). The Labute approximate surface area is 131 Å². The molecule has 1 atom stereocenters. The first-order chi connectivity index (χ1) is 9.93. The van der Waals surface area contributed by atoms with Crippen LogP contribution >= 0.6 is 24.0 Å². The second-order valence-corrected chi connectivity index (χ2v) is 6.16. The first-order valence-electron chi connectivity index (χ1n) is 6.09. The van der Waals surface area contributed by atoms with Gasteiger partial charge in [0.1, 0.15) is 10.4 Å². The number of hydrogen-bond acceptors (Lipinski definition) is 6. The number of thiocarbonyl (C=S) groups is 1. The molecule has 110 valence electrons. The number of aliphatic carboxylic acids is 1. The standard InChI is InChI=1S/C14H13NO4S2/c1-8-3-2-4-9(5-8)6-11-12(17)15(14(20)21-11)10(7-16)13(18)19/h2-6,10,16H,7H2,1H3,(H,18,19)/p-1/b11-6-/t10-/m1/s1. The molecule has 0 radical (unpaired) electrons. The van der Waals surface area contributed by atoms with E-state index in [9.17, 15) is 14.7 Å². The van der Waals surface area contributed by atoms with Crippen LogP contribution in [0.1, 0.15) is 11.1 Å². The fourth-order valence-electron chi connectivity index (χ4n) is 1.92. The number of benzene rings is 1. The highest BCUT2D eigenvalue weighted by Crippen LogP contribution is 2.33. The summed E-state index contributed by atoms with van der Waals surface area (Å²) in [7, 11) is 0. The van der Waals surface area contributed by atoms with Gasteiger partial charge in [0.15, 0.2) is 0 Å². The first kappa shape index (κ1) is 15.7. The Kier molecular flexibility index (Phi) is 4.76. The summed E-state index contributed by atoms with van der Waals surface area (Å²) >= 11 is 6.03. The quantitative estimate of drug-likeness (QED) is 0.635. The molecule has 1 heterocycles. The van der Waals surface area contributed by atoms with E-state index < -0.39 is 24.5 Å². The van der Waals surface area contributed by atoms with Crippen molar-refractivity contribution in [3.05, 3.63) is 40.3 Å². The number of carbonyl (C=O) groups excluding carboxylic acids is 2. The van der Waals surface area contributed by atoms with Gasteiger partial charge < -0.3 is 15.0 Å². The summed E-state index contributed by atoms with van der Waals surface area (Å²) in [5.74, 6) is -2.07. The summed E-state index contributed by atoms with van der Waals surface area (Å²) in [6, 6.07) is 6.07. The summed E-state index contributed by atoms with van der Waals surface area (Å²) in [6.07, 6.45) is 1.65. The predicted molar refractivity (Wildman–Crippen MR) is 82.1 cm³/mol. The van der Waals surface area contributed by atoms with Gasteiger partial charge in [-0.05, 0) is 18.6 Å². The number of thioether (sulfide) groups is 1. The molecule has 0 unspecified atom stereocenters.